The first-order valence-electron chi connectivity index (χ1n) is 10.5. The zero-order chi connectivity index (χ0) is 24.7. The van der Waals surface area contributed by atoms with Gasteiger partial charge < -0.3 is 31.6 Å². The van der Waals surface area contributed by atoms with Crippen LogP contribution in [0.2, 0.25) is 0 Å². The quantitative estimate of drug-likeness (QED) is 0.293. The number of nitro benzene ring substituents is 1. The van der Waals surface area contributed by atoms with Crippen molar-refractivity contribution in [3.63, 3.8) is 0 Å². The number of hydrogen-bond acceptors (Lipinski definition) is 10. The van der Waals surface area contributed by atoms with Crippen LogP contribution in [0.1, 0.15) is 40.0 Å². The SMILES string of the molecule is NC(=O)c1cc(N=O)c2c(c1)OCCCOc1cc(C(N)=O)cc([N+](=O)[O-])c1NCCCCN2. The number of nitrogens with two attached hydrogens (primary N) is 2. The third-order valence-corrected chi connectivity index (χ3v) is 5.04. The molecule has 0 spiro atoms. The lowest BCUT2D eigenvalue weighted by molar-refractivity contribution is -0.384. The first-order valence-corrected chi connectivity index (χ1v) is 10.5. The summed E-state index contributed by atoms with van der Waals surface area (Å²) in [5.74, 6) is -1.18. The summed E-state index contributed by atoms with van der Waals surface area (Å²) in [5.41, 5.74) is 10.9. The second-order valence-electron chi connectivity index (χ2n) is 7.43. The van der Waals surface area contributed by atoms with Crippen molar-refractivity contribution in [3.8, 4) is 11.5 Å². The Morgan fingerprint density at radius 1 is 0.882 bits per heavy atom. The molecule has 1 heterocycles. The van der Waals surface area contributed by atoms with E-state index < -0.39 is 16.7 Å². The number of fused-ring (bicyclic) bond motifs is 2. The summed E-state index contributed by atoms with van der Waals surface area (Å²) in [7, 11) is 0. The molecule has 1 aliphatic rings. The molecule has 3 rings (SSSR count). The predicted octanol–water partition coefficient (Wildman–Crippen LogP) is 2.66. The van der Waals surface area contributed by atoms with Crippen LogP contribution in [-0.4, -0.2) is 43.0 Å². The van der Waals surface area contributed by atoms with Gasteiger partial charge in [-0.15, -0.1) is 4.91 Å². The van der Waals surface area contributed by atoms with Crippen LogP contribution in [0.15, 0.2) is 29.4 Å². The highest BCUT2D eigenvalue weighted by molar-refractivity contribution is 5.96. The van der Waals surface area contributed by atoms with E-state index in [9.17, 15) is 24.6 Å². The fourth-order valence-electron chi connectivity index (χ4n) is 3.38. The summed E-state index contributed by atoms with van der Waals surface area (Å²) in [6, 6.07) is 5.18. The summed E-state index contributed by atoms with van der Waals surface area (Å²) in [5, 5.41) is 20.7. The second kappa shape index (κ2) is 10.9. The van der Waals surface area contributed by atoms with E-state index in [0.29, 0.717) is 38.0 Å². The molecule has 34 heavy (non-hydrogen) atoms. The van der Waals surface area contributed by atoms with Gasteiger partial charge >= 0.3 is 0 Å². The second-order valence-corrected chi connectivity index (χ2v) is 7.43. The number of nitroso groups, excluding NO2 is 1. The molecule has 13 heteroatoms. The Labute approximate surface area is 193 Å². The van der Waals surface area contributed by atoms with Gasteiger partial charge in [0, 0.05) is 36.7 Å². The van der Waals surface area contributed by atoms with E-state index in [1.54, 1.807) is 0 Å². The van der Waals surface area contributed by atoms with Gasteiger partial charge in [0.2, 0.25) is 11.8 Å². The monoisotopic (exact) mass is 472 g/mol. The minimum absolute atomic E-state index is 0.00741. The largest absolute Gasteiger partial charge is 0.491 e. The number of carbonyl (C=O) groups excluding carboxylic acids is 2. The lowest BCUT2D eigenvalue weighted by Gasteiger charge is -2.16. The van der Waals surface area contributed by atoms with Crippen molar-refractivity contribution in [2.75, 3.05) is 36.9 Å². The van der Waals surface area contributed by atoms with E-state index >= 15 is 0 Å². The number of nitrogens with one attached hydrogen (secondary N) is 2. The van der Waals surface area contributed by atoms with E-state index in [-0.39, 0.29) is 52.9 Å². The Bertz CT molecular complexity index is 1120. The lowest BCUT2D eigenvalue weighted by atomic mass is 10.1. The molecule has 0 unspecified atom stereocenters. The van der Waals surface area contributed by atoms with E-state index in [0.717, 1.165) is 6.07 Å². The molecule has 1 aliphatic heterocycles. The maximum absolute atomic E-state index is 11.6. The third kappa shape index (κ3) is 5.68. The summed E-state index contributed by atoms with van der Waals surface area (Å²) < 4.78 is 11.5. The fraction of sp³-hybridized carbons (Fsp3) is 0.333. The number of hydrogen-bond donors (Lipinski definition) is 4. The van der Waals surface area contributed by atoms with Crippen LogP contribution in [0, 0.1) is 15.0 Å². The highest BCUT2D eigenvalue weighted by Gasteiger charge is 2.23. The Morgan fingerprint density at radius 2 is 1.41 bits per heavy atom. The fourth-order valence-corrected chi connectivity index (χ4v) is 3.38. The number of benzene rings is 2. The van der Waals surface area contributed by atoms with Crippen LogP contribution >= 0.6 is 0 Å². The molecule has 0 bridgehead atoms. The summed E-state index contributed by atoms with van der Waals surface area (Å²) in [4.78, 5) is 45.6. The highest BCUT2D eigenvalue weighted by atomic mass is 16.6. The van der Waals surface area contributed by atoms with Crippen LogP contribution < -0.4 is 31.6 Å². The molecule has 0 saturated heterocycles. The molecule has 2 aromatic rings. The van der Waals surface area contributed by atoms with Crippen molar-refractivity contribution in [2.45, 2.75) is 19.3 Å². The number of ether oxygens (including phenoxy) is 2. The van der Waals surface area contributed by atoms with Crippen LogP contribution in [0.25, 0.3) is 0 Å². The van der Waals surface area contributed by atoms with Crippen LogP contribution in [0.3, 0.4) is 0 Å². The molecule has 2 aromatic carbocycles. The molecule has 6 N–H and O–H groups in total. The van der Waals surface area contributed by atoms with Crippen molar-refractivity contribution in [1.29, 1.82) is 0 Å². The van der Waals surface area contributed by atoms with Gasteiger partial charge in [0.25, 0.3) is 5.69 Å². The number of anilines is 2. The average molecular weight is 472 g/mol. The van der Waals surface area contributed by atoms with E-state index in [4.69, 9.17) is 20.9 Å². The van der Waals surface area contributed by atoms with E-state index in [2.05, 4.69) is 15.8 Å². The van der Waals surface area contributed by atoms with Crippen LogP contribution in [0.4, 0.5) is 22.7 Å². The number of primary amides is 2. The molecule has 180 valence electrons. The molecule has 0 saturated carbocycles. The smallest absolute Gasteiger partial charge is 0.296 e. The minimum Gasteiger partial charge on any atom is -0.491 e. The molecule has 0 aromatic heterocycles. The normalized spacial score (nSPS) is 14.2. The zero-order valence-electron chi connectivity index (χ0n) is 18.2. The number of rotatable bonds is 4. The maximum Gasteiger partial charge on any atom is 0.296 e. The molecule has 2 amide bonds. The number of amides is 2. The molecular formula is C21H24N6O7. The first-order chi connectivity index (χ1) is 16.3. The van der Waals surface area contributed by atoms with Crippen LogP contribution in [-0.2, 0) is 0 Å². The van der Waals surface area contributed by atoms with Gasteiger partial charge in [0.1, 0.15) is 22.9 Å². The Kier molecular flexibility index (Phi) is 7.79. The van der Waals surface area contributed by atoms with Gasteiger partial charge in [-0.05, 0) is 36.2 Å². The topological polar surface area (TPSA) is 201 Å². The molecule has 0 radical (unpaired) electrons. The van der Waals surface area contributed by atoms with Crippen LogP contribution in [0.5, 0.6) is 11.5 Å². The van der Waals surface area contributed by atoms with Crippen molar-refractivity contribution >= 4 is 34.6 Å². The van der Waals surface area contributed by atoms with Crippen molar-refractivity contribution < 1.29 is 24.0 Å². The standard InChI is InChI=1S/C21H24N6O7/c22-20(28)12-8-14(26-30)18-16(10-12)33-6-3-7-34-17-11-13(21(23)29)9-15(27(31)32)19(17)25-5-2-1-4-24-18/h8-11,24-25H,1-7H2,(H2,22,28)(H2,23,29). The number of carbonyl (C=O) groups is 2. The molecule has 0 aliphatic carbocycles. The van der Waals surface area contributed by atoms with Gasteiger partial charge in [-0.2, -0.15) is 0 Å². The van der Waals surface area contributed by atoms with E-state index in [1.807, 2.05) is 0 Å². The summed E-state index contributed by atoms with van der Waals surface area (Å²) in [6.07, 6.45) is 1.55. The summed E-state index contributed by atoms with van der Waals surface area (Å²) in [6.45, 7) is 1.01. The minimum atomic E-state index is -0.818. The Morgan fingerprint density at radius 3 is 1.94 bits per heavy atom. The Balaban J connectivity index is 1.88. The molecular weight excluding hydrogens is 448 g/mol. The maximum atomic E-state index is 11.6. The molecule has 0 fully saturated rings. The van der Waals surface area contributed by atoms with Gasteiger partial charge in [-0.3, -0.25) is 19.7 Å². The predicted molar refractivity (Wildman–Crippen MR) is 124 cm³/mol. The van der Waals surface area contributed by atoms with Gasteiger partial charge in [0.05, 0.1) is 18.1 Å². The molecule has 0 atom stereocenters. The number of nitrogens with zero attached hydrogens (tertiary/aromatic N) is 2. The van der Waals surface area contributed by atoms with Gasteiger partial charge in [-0.25, -0.2) is 0 Å². The number of nitro groups is 1. The zero-order valence-corrected chi connectivity index (χ0v) is 18.2. The van der Waals surface area contributed by atoms with Crippen molar-refractivity contribution in [3.05, 3.63) is 50.4 Å². The highest BCUT2D eigenvalue weighted by Crippen LogP contribution is 2.38. The van der Waals surface area contributed by atoms with E-state index in [1.165, 1.54) is 18.2 Å². The Hall–Kier alpha value is -4.42. The lowest BCUT2D eigenvalue weighted by Crippen LogP contribution is -2.14. The van der Waals surface area contributed by atoms with Gasteiger partial charge in [-0.1, -0.05) is 0 Å². The third-order valence-electron chi connectivity index (χ3n) is 5.04. The van der Waals surface area contributed by atoms with Crippen molar-refractivity contribution in [2.24, 2.45) is 16.6 Å². The van der Waals surface area contributed by atoms with Gasteiger partial charge in [0.15, 0.2) is 5.69 Å². The molecule has 13 nitrogen and oxygen atoms in total. The van der Waals surface area contributed by atoms with Crippen molar-refractivity contribution in [1.82, 2.24) is 0 Å². The summed E-state index contributed by atoms with van der Waals surface area (Å²) >= 11 is 0. The first kappa shape index (κ1) is 24.2. The average Bonchev–Trinajstić information content (AvgIpc) is 2.81.